The molecule has 3 fully saturated rings. The maximum Gasteiger partial charge on any atom is 0.307 e. The summed E-state index contributed by atoms with van der Waals surface area (Å²) in [6.07, 6.45) is 1.97. The minimum Gasteiger partial charge on any atom is -0.488 e. The molecule has 3 heterocycles. The zero-order valence-corrected chi connectivity index (χ0v) is 24.8. The summed E-state index contributed by atoms with van der Waals surface area (Å²) in [5.74, 6) is 0.393. The Hall–Kier alpha value is -3.43. The van der Waals surface area contributed by atoms with Crippen LogP contribution in [0.2, 0.25) is 0 Å². The number of piperazine rings is 1. The molecule has 2 aliphatic heterocycles. The Bertz CT molecular complexity index is 1430. The van der Waals surface area contributed by atoms with E-state index < -0.39 is 5.97 Å². The highest BCUT2D eigenvalue weighted by Crippen LogP contribution is 2.44. The van der Waals surface area contributed by atoms with Crippen LogP contribution in [0.15, 0.2) is 41.8 Å². The molecule has 1 aliphatic carbocycles. The van der Waals surface area contributed by atoms with Gasteiger partial charge in [0.25, 0.3) is 5.91 Å². The zero-order chi connectivity index (χ0) is 28.7. The second-order valence-electron chi connectivity index (χ2n) is 11.9. The Morgan fingerprint density at radius 2 is 1.76 bits per heavy atom. The predicted octanol–water partition coefficient (Wildman–Crippen LogP) is 4.94. The van der Waals surface area contributed by atoms with E-state index in [-0.39, 0.29) is 23.7 Å². The lowest BCUT2D eigenvalue weighted by molar-refractivity contribution is -0.144. The van der Waals surface area contributed by atoms with Crippen LogP contribution in [0.4, 0.5) is 5.13 Å². The molecule has 6 rings (SSSR count). The van der Waals surface area contributed by atoms with Gasteiger partial charge in [0.15, 0.2) is 5.13 Å². The van der Waals surface area contributed by atoms with E-state index in [2.05, 4.69) is 35.2 Å². The van der Waals surface area contributed by atoms with Gasteiger partial charge in [-0.1, -0.05) is 17.7 Å². The van der Waals surface area contributed by atoms with Crippen molar-refractivity contribution in [1.29, 1.82) is 0 Å². The fourth-order valence-corrected chi connectivity index (χ4v) is 7.47. The SMILES string of the molecule is Cc1ccc(OCc2ccc(C(=O)N3CCN(C)CC3)cc2C)c(-c2csc(N3CC4CCC(C3)C4C(=O)O)n2)c1. The lowest BCUT2D eigenvalue weighted by Crippen LogP contribution is -2.47. The Kier molecular flexibility index (Phi) is 7.74. The molecule has 2 atom stereocenters. The highest BCUT2D eigenvalue weighted by Gasteiger charge is 2.46. The number of aromatic nitrogens is 1. The van der Waals surface area contributed by atoms with E-state index >= 15 is 0 Å². The number of benzene rings is 2. The van der Waals surface area contributed by atoms with Gasteiger partial charge in [-0.25, -0.2) is 4.98 Å². The van der Waals surface area contributed by atoms with Crippen LogP contribution in [0.3, 0.4) is 0 Å². The number of hydrogen-bond acceptors (Lipinski definition) is 7. The average molecular weight is 575 g/mol. The van der Waals surface area contributed by atoms with E-state index in [0.29, 0.717) is 6.61 Å². The molecular weight excluding hydrogens is 536 g/mol. The van der Waals surface area contributed by atoms with Crippen molar-refractivity contribution in [1.82, 2.24) is 14.8 Å². The Morgan fingerprint density at radius 1 is 1.02 bits per heavy atom. The molecule has 2 unspecified atom stereocenters. The number of piperidine rings is 1. The van der Waals surface area contributed by atoms with Crippen molar-refractivity contribution in [2.24, 2.45) is 17.8 Å². The first kappa shape index (κ1) is 27.7. The first-order chi connectivity index (χ1) is 19.8. The number of carboxylic acid groups (broad SMARTS) is 1. The van der Waals surface area contributed by atoms with Crippen LogP contribution in [-0.2, 0) is 11.4 Å². The van der Waals surface area contributed by atoms with Crippen molar-refractivity contribution in [2.45, 2.75) is 33.3 Å². The van der Waals surface area contributed by atoms with E-state index in [9.17, 15) is 14.7 Å². The highest BCUT2D eigenvalue weighted by molar-refractivity contribution is 7.14. The third-order valence-electron chi connectivity index (χ3n) is 9.06. The summed E-state index contributed by atoms with van der Waals surface area (Å²) in [5, 5.41) is 12.7. The number of rotatable bonds is 7. The normalized spacial score (nSPS) is 22.7. The molecular formula is C32H38N4O4S. The Labute approximate surface area is 245 Å². The van der Waals surface area contributed by atoms with Crippen LogP contribution in [0.1, 0.15) is 39.9 Å². The minimum atomic E-state index is -0.648. The molecule has 0 spiro atoms. The molecule has 3 aliphatic rings. The molecule has 2 aromatic carbocycles. The number of aryl methyl sites for hydroxylation is 2. The van der Waals surface area contributed by atoms with Crippen molar-refractivity contribution in [3.05, 3.63) is 64.0 Å². The van der Waals surface area contributed by atoms with Gasteiger partial charge in [0.1, 0.15) is 12.4 Å². The van der Waals surface area contributed by atoms with E-state index in [1.165, 1.54) is 0 Å². The van der Waals surface area contributed by atoms with Crippen LogP contribution < -0.4 is 9.64 Å². The molecule has 3 aromatic rings. The van der Waals surface area contributed by atoms with Crippen molar-refractivity contribution >= 4 is 28.3 Å². The predicted molar refractivity (Wildman–Crippen MR) is 161 cm³/mol. The van der Waals surface area contributed by atoms with Gasteiger partial charge in [0.2, 0.25) is 0 Å². The number of carbonyl (C=O) groups is 2. The number of nitrogens with zero attached hydrogens (tertiary/aromatic N) is 4. The first-order valence-electron chi connectivity index (χ1n) is 14.5. The summed E-state index contributed by atoms with van der Waals surface area (Å²) < 4.78 is 6.37. The Morgan fingerprint density at radius 3 is 2.44 bits per heavy atom. The minimum absolute atomic E-state index is 0.0917. The molecule has 1 saturated carbocycles. The number of ether oxygens (including phenoxy) is 1. The molecule has 1 aromatic heterocycles. The summed E-state index contributed by atoms with van der Waals surface area (Å²) in [6, 6.07) is 12.0. The molecule has 1 N–H and O–H groups in total. The molecule has 1 amide bonds. The molecule has 2 bridgehead atoms. The van der Waals surface area contributed by atoms with Crippen LogP contribution in [0, 0.1) is 31.6 Å². The number of thiazole rings is 1. The fourth-order valence-electron chi connectivity index (χ4n) is 6.62. The first-order valence-corrected chi connectivity index (χ1v) is 15.4. The summed E-state index contributed by atoms with van der Waals surface area (Å²) in [6.45, 7) is 9.33. The van der Waals surface area contributed by atoms with Gasteiger partial charge in [-0.05, 0) is 81.0 Å². The Balaban J connectivity index is 1.15. The fraction of sp³-hybridized carbons (Fsp3) is 0.469. The van der Waals surface area contributed by atoms with Crippen LogP contribution >= 0.6 is 11.3 Å². The topological polar surface area (TPSA) is 86.2 Å². The van der Waals surface area contributed by atoms with Gasteiger partial charge in [0.05, 0.1) is 11.6 Å². The van der Waals surface area contributed by atoms with Gasteiger partial charge in [0, 0.05) is 55.8 Å². The number of fused-ring (bicyclic) bond motifs is 2. The van der Waals surface area contributed by atoms with Crippen molar-refractivity contribution in [3.63, 3.8) is 0 Å². The lowest BCUT2D eigenvalue weighted by Gasteiger charge is -2.35. The smallest absolute Gasteiger partial charge is 0.307 e. The lowest BCUT2D eigenvalue weighted by atomic mass is 9.85. The van der Waals surface area contributed by atoms with Crippen molar-refractivity contribution < 1.29 is 19.4 Å². The van der Waals surface area contributed by atoms with Gasteiger partial charge < -0.3 is 24.5 Å². The van der Waals surface area contributed by atoms with Crippen LogP contribution in [-0.4, -0.2) is 78.1 Å². The van der Waals surface area contributed by atoms with Gasteiger partial charge in [-0.2, -0.15) is 0 Å². The summed E-state index contributed by atoms with van der Waals surface area (Å²) >= 11 is 1.61. The zero-order valence-electron chi connectivity index (χ0n) is 24.0. The third kappa shape index (κ3) is 5.70. The number of amides is 1. The monoisotopic (exact) mass is 574 g/mol. The number of carbonyl (C=O) groups excluding carboxylic acids is 1. The van der Waals surface area contributed by atoms with Crippen molar-refractivity contribution in [2.75, 3.05) is 51.2 Å². The number of hydrogen-bond donors (Lipinski definition) is 1. The van der Waals surface area contributed by atoms with E-state index in [1.54, 1.807) is 11.3 Å². The number of aliphatic carboxylic acids is 1. The summed E-state index contributed by atoms with van der Waals surface area (Å²) in [5.41, 5.74) is 5.76. The second-order valence-corrected chi connectivity index (χ2v) is 12.7. The molecule has 41 heavy (non-hydrogen) atoms. The van der Waals surface area contributed by atoms with E-state index in [1.807, 2.05) is 42.2 Å². The van der Waals surface area contributed by atoms with E-state index in [0.717, 1.165) is 96.5 Å². The molecule has 8 nitrogen and oxygen atoms in total. The quantitative estimate of drug-likeness (QED) is 0.428. The summed E-state index contributed by atoms with van der Waals surface area (Å²) in [4.78, 5) is 36.2. The standard InChI is InChI=1S/C32H38N4O4S/c1-20-4-9-28(40-18-25-8-5-22(15-21(25)2)30(37)35-12-10-34(3)11-13-35)26(14-20)27-19-41-32(33-27)36-16-23-6-7-24(17-36)29(23)31(38)39/h4-5,8-9,14-15,19,23-24,29H,6-7,10-13,16-18H2,1-3H3,(H,38,39). The van der Waals surface area contributed by atoms with Gasteiger partial charge in [-0.15, -0.1) is 11.3 Å². The number of carboxylic acids is 1. The highest BCUT2D eigenvalue weighted by atomic mass is 32.1. The van der Waals surface area contributed by atoms with Crippen molar-refractivity contribution in [3.8, 4) is 17.0 Å². The largest absolute Gasteiger partial charge is 0.488 e. The molecule has 9 heteroatoms. The second kappa shape index (κ2) is 11.4. The van der Waals surface area contributed by atoms with Crippen LogP contribution in [0.5, 0.6) is 5.75 Å². The van der Waals surface area contributed by atoms with Crippen LogP contribution in [0.25, 0.3) is 11.3 Å². The van der Waals surface area contributed by atoms with Gasteiger partial charge in [-0.3, -0.25) is 9.59 Å². The maximum absolute atomic E-state index is 13.0. The van der Waals surface area contributed by atoms with E-state index in [4.69, 9.17) is 9.72 Å². The number of likely N-dealkylation sites (N-methyl/N-ethyl adjacent to an activating group) is 1. The summed E-state index contributed by atoms with van der Waals surface area (Å²) in [7, 11) is 2.09. The molecule has 216 valence electrons. The molecule has 0 radical (unpaired) electrons. The maximum atomic E-state index is 13.0. The third-order valence-corrected chi connectivity index (χ3v) is 9.96. The molecule has 2 saturated heterocycles. The average Bonchev–Trinajstić information content (AvgIpc) is 3.55. The number of anilines is 1. The van der Waals surface area contributed by atoms with Gasteiger partial charge >= 0.3 is 5.97 Å².